The molecule has 18 heavy (non-hydrogen) atoms. The lowest BCUT2D eigenvalue weighted by Gasteiger charge is -2.14. The normalized spacial score (nSPS) is 12.4. The Morgan fingerprint density at radius 2 is 1.83 bits per heavy atom. The summed E-state index contributed by atoms with van der Waals surface area (Å²) in [6.45, 7) is 0. The Bertz CT molecular complexity index is 525. The molecular formula is C13H10BrCl2NO. The van der Waals surface area contributed by atoms with Crippen molar-refractivity contribution < 1.29 is 5.11 Å². The van der Waals surface area contributed by atoms with Crippen molar-refractivity contribution in [3.63, 3.8) is 0 Å². The van der Waals surface area contributed by atoms with Crippen LogP contribution in [0.1, 0.15) is 17.4 Å². The first-order chi connectivity index (χ1) is 8.58. The molecule has 2 rings (SSSR count). The second-order valence-corrected chi connectivity index (χ2v) is 5.55. The summed E-state index contributed by atoms with van der Waals surface area (Å²) in [5, 5.41) is 11.1. The molecule has 94 valence electrons. The quantitative estimate of drug-likeness (QED) is 0.891. The van der Waals surface area contributed by atoms with Crippen molar-refractivity contribution in [3.8, 4) is 0 Å². The Morgan fingerprint density at radius 1 is 1.17 bits per heavy atom. The van der Waals surface area contributed by atoms with Gasteiger partial charge in [0.25, 0.3) is 0 Å². The fourth-order valence-corrected chi connectivity index (χ4v) is 2.54. The molecular weight excluding hydrogens is 337 g/mol. The summed E-state index contributed by atoms with van der Waals surface area (Å²) < 4.78 is 0.900. The molecule has 0 bridgehead atoms. The molecule has 5 heteroatoms. The number of pyridine rings is 1. The highest BCUT2D eigenvalue weighted by Gasteiger charge is 2.16. The van der Waals surface area contributed by atoms with Crippen LogP contribution >= 0.6 is 39.1 Å². The Kier molecular flexibility index (Phi) is 4.62. The highest BCUT2D eigenvalue weighted by atomic mass is 79.9. The Hall–Kier alpha value is -0.610. The summed E-state index contributed by atoms with van der Waals surface area (Å²) in [5.41, 5.74) is 1.33. The predicted octanol–water partition coefficient (Wildman–Crippen LogP) is 4.43. The third-order valence-corrected chi connectivity index (χ3v) is 3.65. The SMILES string of the molecule is OC(Cc1ccc(Br)cn1)c1c(Cl)cccc1Cl. The second-order valence-electron chi connectivity index (χ2n) is 3.82. The van der Waals surface area contributed by atoms with Crippen LogP contribution in [-0.2, 0) is 6.42 Å². The Morgan fingerprint density at radius 3 is 2.39 bits per heavy atom. The van der Waals surface area contributed by atoms with E-state index in [1.165, 1.54) is 0 Å². The van der Waals surface area contributed by atoms with Crippen LogP contribution in [0.25, 0.3) is 0 Å². The van der Waals surface area contributed by atoms with Gasteiger partial charge in [0.2, 0.25) is 0 Å². The van der Waals surface area contributed by atoms with Gasteiger partial charge in [-0.25, -0.2) is 0 Å². The molecule has 1 unspecified atom stereocenters. The van der Waals surface area contributed by atoms with Crippen LogP contribution in [0.5, 0.6) is 0 Å². The minimum absolute atomic E-state index is 0.372. The molecule has 1 aromatic carbocycles. The number of hydrogen-bond donors (Lipinski definition) is 1. The molecule has 0 spiro atoms. The molecule has 0 aliphatic carbocycles. The van der Waals surface area contributed by atoms with Crippen LogP contribution in [-0.4, -0.2) is 10.1 Å². The van der Waals surface area contributed by atoms with Gasteiger partial charge in [0.1, 0.15) is 0 Å². The third-order valence-electron chi connectivity index (χ3n) is 2.52. The number of benzene rings is 1. The van der Waals surface area contributed by atoms with Gasteiger partial charge >= 0.3 is 0 Å². The number of aliphatic hydroxyl groups is 1. The van der Waals surface area contributed by atoms with Crippen LogP contribution in [0.4, 0.5) is 0 Å². The molecule has 0 fully saturated rings. The van der Waals surface area contributed by atoms with Gasteiger partial charge in [-0.3, -0.25) is 4.98 Å². The van der Waals surface area contributed by atoms with E-state index in [1.54, 1.807) is 24.4 Å². The minimum atomic E-state index is -0.764. The zero-order valence-corrected chi connectivity index (χ0v) is 12.4. The first-order valence-corrected chi connectivity index (χ1v) is 6.85. The van der Waals surface area contributed by atoms with Crippen molar-refractivity contribution in [2.45, 2.75) is 12.5 Å². The minimum Gasteiger partial charge on any atom is -0.388 e. The molecule has 1 heterocycles. The maximum absolute atomic E-state index is 10.2. The summed E-state index contributed by atoms with van der Waals surface area (Å²) in [6.07, 6.45) is 1.30. The van der Waals surface area contributed by atoms with Gasteiger partial charge in [0, 0.05) is 38.4 Å². The molecule has 1 atom stereocenters. The second kappa shape index (κ2) is 6.02. The van der Waals surface area contributed by atoms with Gasteiger partial charge in [-0.1, -0.05) is 29.3 Å². The summed E-state index contributed by atoms with van der Waals surface area (Å²) >= 11 is 15.4. The van der Waals surface area contributed by atoms with Crippen LogP contribution in [0.15, 0.2) is 41.0 Å². The van der Waals surface area contributed by atoms with E-state index in [2.05, 4.69) is 20.9 Å². The number of halogens is 3. The average molecular weight is 347 g/mol. The largest absolute Gasteiger partial charge is 0.388 e. The monoisotopic (exact) mass is 345 g/mol. The highest BCUT2D eigenvalue weighted by molar-refractivity contribution is 9.10. The van der Waals surface area contributed by atoms with E-state index in [9.17, 15) is 5.11 Å². The topological polar surface area (TPSA) is 33.1 Å². The molecule has 0 aliphatic rings. The van der Waals surface area contributed by atoms with Gasteiger partial charge in [-0.05, 0) is 40.2 Å². The van der Waals surface area contributed by atoms with Crippen molar-refractivity contribution in [3.05, 3.63) is 62.3 Å². The van der Waals surface area contributed by atoms with Crippen LogP contribution in [0.3, 0.4) is 0 Å². The molecule has 0 saturated heterocycles. The van der Waals surface area contributed by atoms with Crippen molar-refractivity contribution in [2.75, 3.05) is 0 Å². The fourth-order valence-electron chi connectivity index (χ4n) is 1.66. The maximum Gasteiger partial charge on any atom is 0.0874 e. The first kappa shape index (κ1) is 13.8. The molecule has 1 aromatic heterocycles. The Balaban J connectivity index is 2.22. The van der Waals surface area contributed by atoms with Crippen molar-refractivity contribution in [1.82, 2.24) is 4.98 Å². The molecule has 0 saturated carbocycles. The number of aliphatic hydroxyl groups excluding tert-OH is 1. The van der Waals surface area contributed by atoms with Gasteiger partial charge < -0.3 is 5.11 Å². The van der Waals surface area contributed by atoms with E-state index in [1.807, 2.05) is 12.1 Å². The zero-order chi connectivity index (χ0) is 13.1. The fraction of sp³-hybridized carbons (Fsp3) is 0.154. The van der Waals surface area contributed by atoms with Gasteiger partial charge in [-0.2, -0.15) is 0 Å². The van der Waals surface area contributed by atoms with Crippen molar-refractivity contribution in [2.24, 2.45) is 0 Å². The molecule has 2 nitrogen and oxygen atoms in total. The number of aromatic nitrogens is 1. The number of rotatable bonds is 3. The molecule has 0 radical (unpaired) electrons. The lowest BCUT2D eigenvalue weighted by Crippen LogP contribution is -2.04. The summed E-state index contributed by atoms with van der Waals surface area (Å²) in [4.78, 5) is 4.21. The lowest BCUT2D eigenvalue weighted by molar-refractivity contribution is 0.177. The van der Waals surface area contributed by atoms with E-state index >= 15 is 0 Å². The molecule has 0 amide bonds. The van der Waals surface area contributed by atoms with E-state index in [0.29, 0.717) is 22.0 Å². The van der Waals surface area contributed by atoms with Crippen molar-refractivity contribution >= 4 is 39.1 Å². The van der Waals surface area contributed by atoms with E-state index in [0.717, 1.165) is 10.2 Å². The van der Waals surface area contributed by atoms with Crippen LogP contribution in [0, 0.1) is 0 Å². The summed E-state index contributed by atoms with van der Waals surface area (Å²) in [5.74, 6) is 0. The number of nitrogens with zero attached hydrogens (tertiary/aromatic N) is 1. The van der Waals surface area contributed by atoms with Gasteiger partial charge in [0.15, 0.2) is 0 Å². The third kappa shape index (κ3) is 3.23. The standard InChI is InChI=1S/C13H10BrCl2NO/c14-8-4-5-9(17-7-8)6-12(18)13-10(15)2-1-3-11(13)16/h1-5,7,12,18H,6H2. The van der Waals surface area contributed by atoms with Gasteiger partial charge in [-0.15, -0.1) is 0 Å². The average Bonchev–Trinajstić information content (AvgIpc) is 2.32. The summed E-state index contributed by atoms with van der Waals surface area (Å²) in [7, 11) is 0. The van der Waals surface area contributed by atoms with Crippen molar-refractivity contribution in [1.29, 1.82) is 0 Å². The Labute approximate surface area is 124 Å². The molecule has 1 N–H and O–H groups in total. The predicted molar refractivity (Wildman–Crippen MR) is 77.1 cm³/mol. The lowest BCUT2D eigenvalue weighted by atomic mass is 10.0. The highest BCUT2D eigenvalue weighted by Crippen LogP contribution is 2.31. The van der Waals surface area contributed by atoms with E-state index in [4.69, 9.17) is 23.2 Å². The van der Waals surface area contributed by atoms with Crippen LogP contribution < -0.4 is 0 Å². The zero-order valence-electron chi connectivity index (χ0n) is 9.28. The van der Waals surface area contributed by atoms with E-state index in [-0.39, 0.29) is 0 Å². The molecule has 2 aromatic rings. The number of hydrogen-bond acceptors (Lipinski definition) is 2. The maximum atomic E-state index is 10.2. The summed E-state index contributed by atoms with van der Waals surface area (Å²) in [6, 6.07) is 8.89. The van der Waals surface area contributed by atoms with E-state index < -0.39 is 6.10 Å². The smallest absolute Gasteiger partial charge is 0.0874 e. The first-order valence-electron chi connectivity index (χ1n) is 5.30. The molecule has 0 aliphatic heterocycles. The van der Waals surface area contributed by atoms with Crippen LogP contribution in [0.2, 0.25) is 10.0 Å². The van der Waals surface area contributed by atoms with Gasteiger partial charge in [0.05, 0.1) is 6.10 Å².